The van der Waals surface area contributed by atoms with E-state index >= 15 is 0 Å². The average Bonchev–Trinajstić information content (AvgIpc) is 3.20. The van der Waals surface area contributed by atoms with E-state index in [2.05, 4.69) is 44.6 Å². The molecule has 10 nitrogen and oxygen atoms in total. The van der Waals surface area contributed by atoms with Crippen LogP contribution in [0.1, 0.15) is 56.6 Å². The minimum atomic E-state index is -0.916. The van der Waals surface area contributed by atoms with E-state index in [1.807, 2.05) is 6.92 Å². The lowest BCUT2D eigenvalue weighted by atomic mass is 9.78. The van der Waals surface area contributed by atoms with Gasteiger partial charge in [-0.2, -0.15) is 0 Å². The molecule has 2 unspecified atom stereocenters. The number of amides is 1. The van der Waals surface area contributed by atoms with Crippen LogP contribution in [0.15, 0.2) is 29.0 Å². The number of carbonyl (C=O) groups is 2. The van der Waals surface area contributed by atoms with Crippen LogP contribution in [-0.2, 0) is 16.0 Å². The quantitative estimate of drug-likeness (QED) is 0.399. The van der Waals surface area contributed by atoms with Crippen molar-refractivity contribution >= 4 is 29.1 Å². The molecule has 0 bridgehead atoms. The Bertz CT molecular complexity index is 1250. The van der Waals surface area contributed by atoms with E-state index in [1.165, 1.54) is 0 Å². The van der Waals surface area contributed by atoms with Crippen molar-refractivity contribution in [3.8, 4) is 11.5 Å². The number of hydrogen-bond acceptors (Lipinski definition) is 8. The van der Waals surface area contributed by atoms with Crippen molar-refractivity contribution in [3.63, 3.8) is 0 Å². The van der Waals surface area contributed by atoms with Gasteiger partial charge in [0.25, 0.3) is 0 Å². The zero-order valence-electron chi connectivity index (χ0n) is 21.0. The minimum Gasteiger partial charge on any atom is -0.481 e. The Balaban J connectivity index is 1.53. The molecule has 1 saturated carbocycles. The van der Waals surface area contributed by atoms with Crippen molar-refractivity contribution in [2.75, 3.05) is 10.6 Å². The van der Waals surface area contributed by atoms with Crippen LogP contribution in [-0.4, -0.2) is 37.1 Å². The molecule has 10 heteroatoms. The molecular weight excluding hydrogens is 460 g/mol. The molecule has 1 amide bonds. The number of carboxylic acids is 1. The fourth-order valence-corrected chi connectivity index (χ4v) is 4.59. The maximum atomic E-state index is 12.9. The van der Waals surface area contributed by atoms with Gasteiger partial charge in [0, 0.05) is 6.20 Å². The molecule has 0 saturated heterocycles. The third-order valence-electron chi connectivity index (χ3n) is 6.41. The van der Waals surface area contributed by atoms with Gasteiger partial charge in [-0.1, -0.05) is 31.8 Å². The summed E-state index contributed by atoms with van der Waals surface area (Å²) >= 11 is 0. The van der Waals surface area contributed by atoms with Gasteiger partial charge >= 0.3 is 5.97 Å². The van der Waals surface area contributed by atoms with Crippen LogP contribution in [0.5, 0.6) is 0 Å². The number of nitrogens with one attached hydrogen (secondary N) is 2. The molecule has 1 aliphatic carbocycles. The number of carboxylic acid groups (broad SMARTS) is 1. The average molecular weight is 493 g/mol. The topological polar surface area (TPSA) is 143 Å². The normalized spacial score (nSPS) is 17.7. The van der Waals surface area contributed by atoms with E-state index in [4.69, 9.17) is 4.52 Å². The van der Waals surface area contributed by atoms with Gasteiger partial charge in [0.1, 0.15) is 22.9 Å². The predicted molar refractivity (Wildman–Crippen MR) is 135 cm³/mol. The summed E-state index contributed by atoms with van der Waals surface area (Å²) in [7, 11) is 0. The largest absolute Gasteiger partial charge is 0.481 e. The van der Waals surface area contributed by atoms with Crippen LogP contribution in [0.4, 0.5) is 17.2 Å². The van der Waals surface area contributed by atoms with Crippen molar-refractivity contribution < 1.29 is 19.2 Å². The van der Waals surface area contributed by atoms with E-state index in [-0.39, 0.29) is 5.91 Å². The van der Waals surface area contributed by atoms with E-state index in [0.717, 1.165) is 25.0 Å². The fourth-order valence-electron chi connectivity index (χ4n) is 4.59. The molecule has 190 valence electrons. The molecule has 3 aromatic rings. The van der Waals surface area contributed by atoms with Gasteiger partial charge in [0.15, 0.2) is 0 Å². The van der Waals surface area contributed by atoms with Crippen molar-refractivity contribution in [3.05, 3.63) is 41.6 Å². The Morgan fingerprint density at radius 2 is 1.83 bits per heavy atom. The SMILES string of the molecule is Cc1nc(-c2onc(C)c2Nc2cncc(CC(C)C)n2)ccc1NC(=O)C1CCCCC1C(=O)O. The van der Waals surface area contributed by atoms with Crippen molar-refractivity contribution in [2.24, 2.45) is 17.8 Å². The highest BCUT2D eigenvalue weighted by molar-refractivity contribution is 5.95. The van der Waals surface area contributed by atoms with E-state index in [1.54, 1.807) is 31.5 Å². The molecule has 3 N–H and O–H groups in total. The summed E-state index contributed by atoms with van der Waals surface area (Å²) in [5.74, 6) is -0.904. The Labute approximate surface area is 209 Å². The van der Waals surface area contributed by atoms with Gasteiger partial charge in [-0.25, -0.2) is 9.97 Å². The molecule has 4 rings (SSSR count). The highest BCUT2D eigenvalue weighted by Crippen LogP contribution is 2.34. The van der Waals surface area contributed by atoms with Crippen molar-refractivity contribution in [1.29, 1.82) is 0 Å². The molecule has 2 atom stereocenters. The lowest BCUT2D eigenvalue weighted by molar-refractivity contribution is -0.147. The summed E-state index contributed by atoms with van der Waals surface area (Å²) in [4.78, 5) is 38.0. The highest BCUT2D eigenvalue weighted by atomic mass is 16.5. The monoisotopic (exact) mass is 492 g/mol. The maximum Gasteiger partial charge on any atom is 0.307 e. The molecule has 0 aliphatic heterocycles. The molecule has 0 spiro atoms. The molecule has 1 aliphatic rings. The second-order valence-corrected chi connectivity index (χ2v) is 9.75. The van der Waals surface area contributed by atoms with Gasteiger partial charge in [-0.05, 0) is 51.2 Å². The summed E-state index contributed by atoms with van der Waals surface area (Å²) in [6.07, 6.45) is 7.00. The van der Waals surface area contributed by atoms with Crippen LogP contribution in [0.3, 0.4) is 0 Å². The van der Waals surface area contributed by atoms with E-state index in [9.17, 15) is 14.7 Å². The third kappa shape index (κ3) is 5.69. The Hall–Kier alpha value is -3.82. The zero-order chi connectivity index (χ0) is 25.8. The van der Waals surface area contributed by atoms with E-state index < -0.39 is 17.8 Å². The number of aromatic nitrogens is 4. The van der Waals surface area contributed by atoms with Crippen LogP contribution < -0.4 is 10.6 Å². The zero-order valence-corrected chi connectivity index (χ0v) is 21.0. The Morgan fingerprint density at radius 3 is 2.53 bits per heavy atom. The number of aryl methyl sites for hydroxylation is 2. The Kier molecular flexibility index (Phi) is 7.61. The van der Waals surface area contributed by atoms with Gasteiger partial charge in [-0.15, -0.1) is 0 Å². The minimum absolute atomic E-state index is 0.280. The number of nitrogens with zero attached hydrogens (tertiary/aromatic N) is 4. The molecule has 36 heavy (non-hydrogen) atoms. The summed E-state index contributed by atoms with van der Waals surface area (Å²) < 4.78 is 5.58. The van der Waals surface area contributed by atoms with Crippen LogP contribution in [0.2, 0.25) is 0 Å². The lowest BCUT2D eigenvalue weighted by Crippen LogP contribution is -2.36. The molecule has 0 aromatic carbocycles. The summed E-state index contributed by atoms with van der Waals surface area (Å²) in [6.45, 7) is 7.87. The maximum absolute atomic E-state index is 12.9. The number of aliphatic carboxylic acids is 1. The number of rotatable bonds is 8. The Morgan fingerprint density at radius 1 is 1.08 bits per heavy atom. The van der Waals surface area contributed by atoms with Crippen LogP contribution >= 0.6 is 0 Å². The van der Waals surface area contributed by atoms with Gasteiger partial charge in [0.2, 0.25) is 11.7 Å². The first kappa shape index (κ1) is 25.3. The summed E-state index contributed by atoms with van der Waals surface area (Å²) in [6, 6.07) is 3.49. The van der Waals surface area contributed by atoms with Crippen LogP contribution in [0, 0.1) is 31.6 Å². The van der Waals surface area contributed by atoms with Gasteiger partial charge in [0.05, 0.1) is 35.1 Å². The predicted octanol–water partition coefficient (Wildman–Crippen LogP) is 4.92. The first-order valence-electron chi connectivity index (χ1n) is 12.3. The third-order valence-corrected chi connectivity index (χ3v) is 6.41. The molecule has 3 aromatic heterocycles. The van der Waals surface area contributed by atoms with Crippen molar-refractivity contribution in [2.45, 2.75) is 59.8 Å². The first-order valence-corrected chi connectivity index (χ1v) is 12.3. The lowest BCUT2D eigenvalue weighted by Gasteiger charge is -2.27. The second kappa shape index (κ2) is 10.8. The number of carbonyl (C=O) groups excluding carboxylic acids is 1. The fraction of sp³-hybridized carbons (Fsp3) is 0.462. The van der Waals surface area contributed by atoms with Gasteiger partial charge in [-0.3, -0.25) is 14.6 Å². The summed E-state index contributed by atoms with van der Waals surface area (Å²) in [5.41, 5.74) is 3.85. The molecule has 3 heterocycles. The highest BCUT2D eigenvalue weighted by Gasteiger charge is 2.36. The van der Waals surface area contributed by atoms with Crippen molar-refractivity contribution in [1.82, 2.24) is 20.1 Å². The summed E-state index contributed by atoms with van der Waals surface area (Å²) in [5, 5.41) is 19.7. The van der Waals surface area contributed by atoms with Gasteiger partial charge < -0.3 is 20.3 Å². The number of anilines is 3. The number of hydrogen-bond donors (Lipinski definition) is 3. The van der Waals surface area contributed by atoms with E-state index in [0.29, 0.717) is 58.8 Å². The molecule has 1 fully saturated rings. The number of pyridine rings is 1. The molecular formula is C26H32N6O4. The standard InChI is InChI=1S/C26H32N6O4/c1-14(2)11-17-12-27-13-22(29-17)31-23-16(4)32-36-24(23)21-10-9-20(15(3)28-21)30-25(33)18-7-5-6-8-19(18)26(34)35/h9-10,12-14,18-19H,5-8,11H2,1-4H3,(H,29,31)(H,30,33)(H,34,35). The molecule has 0 radical (unpaired) electrons. The smallest absolute Gasteiger partial charge is 0.307 e. The van der Waals surface area contributed by atoms with Crippen LogP contribution in [0.25, 0.3) is 11.5 Å². The second-order valence-electron chi connectivity index (χ2n) is 9.75. The first-order chi connectivity index (χ1) is 17.2.